The van der Waals surface area contributed by atoms with Gasteiger partial charge in [-0.1, -0.05) is 89.0 Å². The number of H-pyrrole nitrogens is 1. The van der Waals surface area contributed by atoms with Crippen LogP contribution in [-0.4, -0.2) is 4.98 Å². The van der Waals surface area contributed by atoms with Gasteiger partial charge in [0.1, 0.15) is 0 Å². The van der Waals surface area contributed by atoms with E-state index in [2.05, 4.69) is 42.4 Å². The van der Waals surface area contributed by atoms with Gasteiger partial charge in [0.25, 0.3) is 0 Å². The average molecular weight is 297 g/mol. The molecule has 0 radical (unpaired) electrons. The summed E-state index contributed by atoms with van der Waals surface area (Å²) < 4.78 is 0. The van der Waals surface area contributed by atoms with E-state index in [1.165, 1.54) is 87.1 Å². The Kier molecular flexibility index (Phi) is 5.23. The second-order valence-electron chi connectivity index (χ2n) is 7.49. The molecule has 1 aliphatic rings. The highest BCUT2D eigenvalue weighted by Crippen LogP contribution is 2.38. The van der Waals surface area contributed by atoms with Crippen molar-refractivity contribution in [3.63, 3.8) is 0 Å². The highest BCUT2D eigenvalue weighted by molar-refractivity contribution is 5.86. The first kappa shape index (κ1) is 15.6. The summed E-state index contributed by atoms with van der Waals surface area (Å²) in [5.74, 6) is 0. The minimum Gasteiger partial charge on any atom is -0.363 e. The minimum absolute atomic E-state index is 0.322. The number of rotatable bonds is 1. The van der Waals surface area contributed by atoms with Gasteiger partial charge in [-0.05, 0) is 18.2 Å². The van der Waals surface area contributed by atoms with Gasteiger partial charge < -0.3 is 4.98 Å². The molecular weight excluding hydrogens is 266 g/mol. The number of aromatic nitrogens is 1. The molecule has 2 aromatic rings. The van der Waals surface area contributed by atoms with Crippen molar-refractivity contribution in [3.8, 4) is 0 Å². The van der Waals surface area contributed by atoms with Gasteiger partial charge in [-0.2, -0.15) is 0 Å². The van der Waals surface area contributed by atoms with Crippen LogP contribution in [0.2, 0.25) is 0 Å². The van der Waals surface area contributed by atoms with E-state index in [4.69, 9.17) is 0 Å². The van der Waals surface area contributed by atoms with Crippen molar-refractivity contribution < 1.29 is 0 Å². The minimum atomic E-state index is 0.322. The first-order valence-electron chi connectivity index (χ1n) is 9.36. The summed E-state index contributed by atoms with van der Waals surface area (Å²) in [7, 11) is 0. The molecule has 0 bridgehead atoms. The van der Waals surface area contributed by atoms with Crippen LogP contribution in [0.25, 0.3) is 10.8 Å². The molecule has 0 unspecified atom stereocenters. The second kappa shape index (κ2) is 7.35. The van der Waals surface area contributed by atoms with Gasteiger partial charge in [0.15, 0.2) is 0 Å². The van der Waals surface area contributed by atoms with E-state index < -0.39 is 0 Å². The fourth-order valence-electron chi connectivity index (χ4n) is 4.22. The summed E-state index contributed by atoms with van der Waals surface area (Å²) in [6.07, 6.45) is 17.7. The first-order valence-corrected chi connectivity index (χ1v) is 9.36. The van der Waals surface area contributed by atoms with Crippen molar-refractivity contribution in [1.82, 2.24) is 4.98 Å². The summed E-state index contributed by atoms with van der Waals surface area (Å²) in [6.45, 7) is 2.50. The van der Waals surface area contributed by atoms with Crippen molar-refractivity contribution in [3.05, 3.63) is 36.2 Å². The number of benzene rings is 1. The van der Waals surface area contributed by atoms with Crippen LogP contribution in [0.1, 0.15) is 83.2 Å². The molecule has 1 N–H and O–H groups in total. The first-order chi connectivity index (χ1) is 10.8. The lowest BCUT2D eigenvalue weighted by molar-refractivity contribution is 0.352. The Hall–Kier alpha value is -1.24. The van der Waals surface area contributed by atoms with Gasteiger partial charge in [-0.25, -0.2) is 0 Å². The lowest BCUT2D eigenvalue weighted by Gasteiger charge is -2.30. The van der Waals surface area contributed by atoms with Crippen molar-refractivity contribution >= 4 is 10.8 Å². The molecule has 1 heterocycles. The van der Waals surface area contributed by atoms with Crippen LogP contribution in [0, 0.1) is 0 Å². The van der Waals surface area contributed by atoms with E-state index in [-0.39, 0.29) is 0 Å². The number of fused-ring (bicyclic) bond motifs is 1. The Morgan fingerprint density at radius 2 is 1.32 bits per heavy atom. The van der Waals surface area contributed by atoms with Gasteiger partial charge >= 0.3 is 0 Å². The third-order valence-corrected chi connectivity index (χ3v) is 5.66. The Balaban J connectivity index is 1.82. The lowest BCUT2D eigenvalue weighted by Crippen LogP contribution is -2.23. The van der Waals surface area contributed by atoms with Crippen molar-refractivity contribution in [1.29, 1.82) is 0 Å². The second-order valence-corrected chi connectivity index (χ2v) is 7.49. The molecule has 1 aromatic heterocycles. The number of nitrogens with one attached hydrogen (secondary N) is 1. The molecule has 0 spiro atoms. The van der Waals surface area contributed by atoms with Crippen molar-refractivity contribution in [2.45, 2.75) is 83.0 Å². The Morgan fingerprint density at radius 1 is 0.773 bits per heavy atom. The Labute approximate surface area is 135 Å². The van der Waals surface area contributed by atoms with Gasteiger partial charge in [-0.15, -0.1) is 0 Å². The summed E-state index contributed by atoms with van der Waals surface area (Å²) in [6, 6.07) is 8.85. The molecule has 1 nitrogen and oxygen atoms in total. The van der Waals surface area contributed by atoms with Crippen LogP contribution >= 0.6 is 0 Å². The van der Waals surface area contributed by atoms with E-state index in [1.807, 2.05) is 0 Å². The molecule has 1 aromatic carbocycles. The summed E-state index contributed by atoms with van der Waals surface area (Å²) >= 11 is 0. The molecule has 1 saturated carbocycles. The lowest BCUT2D eigenvalue weighted by atomic mass is 9.75. The average Bonchev–Trinajstić information content (AvgIpc) is 2.96. The molecule has 0 amide bonds. The van der Waals surface area contributed by atoms with Gasteiger partial charge in [0, 0.05) is 22.7 Å². The highest BCUT2D eigenvalue weighted by Gasteiger charge is 2.28. The van der Waals surface area contributed by atoms with Gasteiger partial charge in [-0.3, -0.25) is 0 Å². The molecule has 1 aliphatic carbocycles. The van der Waals surface area contributed by atoms with Crippen LogP contribution in [-0.2, 0) is 5.41 Å². The number of aromatic amines is 1. The SMILES string of the molecule is CC1(c2[nH]cc3ccccc23)CCCCCCCCCCC1. The van der Waals surface area contributed by atoms with Crippen LogP contribution < -0.4 is 0 Å². The third kappa shape index (κ3) is 3.56. The normalized spacial score (nSPS) is 21.1. The molecular formula is C21H31N. The quantitative estimate of drug-likeness (QED) is 0.600. The molecule has 0 saturated heterocycles. The van der Waals surface area contributed by atoms with Crippen LogP contribution in [0.3, 0.4) is 0 Å². The van der Waals surface area contributed by atoms with E-state index in [9.17, 15) is 0 Å². The fraction of sp³-hybridized carbons (Fsp3) is 0.619. The monoisotopic (exact) mass is 297 g/mol. The maximum Gasteiger partial charge on any atom is 0.0287 e. The Bertz CT molecular complexity index is 568. The zero-order chi connectivity index (χ0) is 15.3. The number of hydrogen-bond acceptors (Lipinski definition) is 0. The van der Waals surface area contributed by atoms with Crippen molar-refractivity contribution in [2.75, 3.05) is 0 Å². The summed E-state index contributed by atoms with van der Waals surface area (Å²) in [5, 5.41) is 2.81. The van der Waals surface area contributed by atoms with Gasteiger partial charge in [0.05, 0.1) is 0 Å². The molecule has 1 heteroatoms. The molecule has 1 fully saturated rings. The Morgan fingerprint density at radius 3 is 1.95 bits per heavy atom. The topological polar surface area (TPSA) is 15.8 Å². The smallest absolute Gasteiger partial charge is 0.0287 e. The third-order valence-electron chi connectivity index (χ3n) is 5.66. The maximum absolute atomic E-state index is 3.64. The molecule has 0 atom stereocenters. The standard InChI is InChI=1S/C21H31N/c1-21(20-19-14-10-9-13-18(19)17-22-20)15-11-7-5-3-2-4-6-8-12-16-21/h9-10,13-14,17,22H,2-8,11-12,15-16H2,1H3. The molecule has 0 aliphatic heterocycles. The largest absolute Gasteiger partial charge is 0.363 e. The summed E-state index contributed by atoms with van der Waals surface area (Å²) in [5.41, 5.74) is 1.81. The number of hydrogen-bond donors (Lipinski definition) is 1. The molecule has 120 valence electrons. The van der Waals surface area contributed by atoms with Crippen LogP contribution in [0.4, 0.5) is 0 Å². The van der Waals surface area contributed by atoms with E-state index in [1.54, 1.807) is 0 Å². The highest BCUT2D eigenvalue weighted by atomic mass is 14.7. The maximum atomic E-state index is 3.64. The van der Waals surface area contributed by atoms with Crippen molar-refractivity contribution in [2.24, 2.45) is 0 Å². The zero-order valence-electron chi connectivity index (χ0n) is 14.2. The zero-order valence-corrected chi connectivity index (χ0v) is 14.2. The van der Waals surface area contributed by atoms with Crippen LogP contribution in [0.5, 0.6) is 0 Å². The molecule has 3 rings (SSSR count). The summed E-state index contributed by atoms with van der Waals surface area (Å²) in [4.78, 5) is 3.64. The molecule has 22 heavy (non-hydrogen) atoms. The predicted molar refractivity (Wildman–Crippen MR) is 96.4 cm³/mol. The van der Waals surface area contributed by atoms with Gasteiger partial charge in [0.2, 0.25) is 0 Å². The predicted octanol–water partition coefficient (Wildman–Crippen LogP) is 6.73. The van der Waals surface area contributed by atoms with E-state index in [0.29, 0.717) is 5.41 Å². The van der Waals surface area contributed by atoms with E-state index in [0.717, 1.165) is 0 Å². The van der Waals surface area contributed by atoms with Crippen LogP contribution in [0.15, 0.2) is 30.5 Å². The van der Waals surface area contributed by atoms with E-state index >= 15 is 0 Å². The fourth-order valence-corrected chi connectivity index (χ4v) is 4.22.